The Hall–Kier alpha value is -2.23. The summed E-state index contributed by atoms with van der Waals surface area (Å²) in [5, 5.41) is 0. The van der Waals surface area contributed by atoms with Gasteiger partial charge in [0.25, 0.3) is 0 Å². The molecule has 1 rings (SSSR count). The van der Waals surface area contributed by atoms with Crippen LogP contribution in [-0.4, -0.2) is 17.9 Å². The lowest BCUT2D eigenvalue weighted by Crippen LogP contribution is -2.17. The molecule has 0 aliphatic heterocycles. The van der Waals surface area contributed by atoms with Crippen molar-refractivity contribution in [3.63, 3.8) is 0 Å². The quantitative estimate of drug-likeness (QED) is 0.188. The van der Waals surface area contributed by atoms with Crippen molar-refractivity contribution in [2.45, 2.75) is 99.5 Å². The fraction of sp³-hybridized carbons (Fsp3) is 0.593. The third-order valence-electron chi connectivity index (χ3n) is 5.31. The molecule has 1 aliphatic rings. The lowest BCUT2D eigenvalue weighted by atomic mass is 9.97. The zero-order chi connectivity index (χ0) is 23.4. The summed E-state index contributed by atoms with van der Waals surface area (Å²) in [4.78, 5) is 5.11. The Morgan fingerprint density at radius 2 is 1.77 bits per heavy atom. The standard InChI is InChI=1S/C27H44N2O2/c1-9-14-20(6)25(26(28)31-27(8)17-18-27)29-23(15-10-2)22(13-5)21(7)24(16-11-3)30-19-12-4/h11,13-14,16H,9-10,12,15,17-19,28H2,1-8H3/b16-11-,20-14+,22-13+,24-21+,26-25-,29-23-. The first kappa shape index (κ1) is 26.8. The topological polar surface area (TPSA) is 56.8 Å². The van der Waals surface area contributed by atoms with Crippen LogP contribution in [0.5, 0.6) is 0 Å². The average Bonchev–Trinajstić information content (AvgIpc) is 3.45. The second-order valence-electron chi connectivity index (χ2n) is 8.41. The molecule has 0 aromatic rings. The maximum atomic E-state index is 6.45. The molecule has 0 atom stereocenters. The number of allylic oxidation sites excluding steroid dienone is 7. The van der Waals surface area contributed by atoms with Crippen molar-refractivity contribution in [3.8, 4) is 0 Å². The first-order chi connectivity index (χ1) is 14.8. The smallest absolute Gasteiger partial charge is 0.211 e. The van der Waals surface area contributed by atoms with E-state index in [9.17, 15) is 0 Å². The van der Waals surface area contributed by atoms with Crippen LogP contribution < -0.4 is 5.73 Å². The monoisotopic (exact) mass is 428 g/mol. The molecule has 1 fully saturated rings. The number of nitrogens with zero attached hydrogens (tertiary/aromatic N) is 1. The number of rotatable bonds is 13. The minimum atomic E-state index is -0.144. The van der Waals surface area contributed by atoms with Crippen molar-refractivity contribution in [2.75, 3.05) is 6.61 Å². The summed E-state index contributed by atoms with van der Waals surface area (Å²) < 4.78 is 12.2. The number of aliphatic imine (C=N–C) groups is 1. The van der Waals surface area contributed by atoms with E-state index in [4.69, 9.17) is 20.2 Å². The summed E-state index contributed by atoms with van der Waals surface area (Å²) in [6.07, 6.45) is 14.1. The van der Waals surface area contributed by atoms with Crippen LogP contribution in [0.2, 0.25) is 0 Å². The Kier molecular flexibility index (Phi) is 11.4. The summed E-state index contributed by atoms with van der Waals surface area (Å²) in [6.45, 7) is 17.4. The van der Waals surface area contributed by atoms with E-state index >= 15 is 0 Å². The molecule has 4 nitrogen and oxygen atoms in total. The van der Waals surface area contributed by atoms with Gasteiger partial charge in [0, 0.05) is 5.71 Å². The summed E-state index contributed by atoms with van der Waals surface area (Å²) in [5.41, 5.74) is 11.3. The summed E-state index contributed by atoms with van der Waals surface area (Å²) in [5.74, 6) is 1.31. The van der Waals surface area contributed by atoms with Gasteiger partial charge in [0.1, 0.15) is 17.1 Å². The molecular formula is C27H44N2O2. The normalized spacial score (nSPS) is 18.6. The van der Waals surface area contributed by atoms with Gasteiger partial charge in [-0.25, -0.2) is 4.99 Å². The van der Waals surface area contributed by atoms with E-state index < -0.39 is 0 Å². The Morgan fingerprint density at radius 1 is 1.10 bits per heavy atom. The average molecular weight is 429 g/mol. The van der Waals surface area contributed by atoms with E-state index in [1.165, 1.54) is 0 Å². The van der Waals surface area contributed by atoms with Crippen molar-refractivity contribution < 1.29 is 9.47 Å². The number of hydrogen-bond donors (Lipinski definition) is 1. The highest BCUT2D eigenvalue weighted by molar-refractivity contribution is 6.04. The second-order valence-corrected chi connectivity index (χ2v) is 8.41. The molecule has 1 aliphatic carbocycles. The van der Waals surface area contributed by atoms with E-state index in [0.717, 1.165) is 72.4 Å². The van der Waals surface area contributed by atoms with Gasteiger partial charge >= 0.3 is 0 Å². The third kappa shape index (κ3) is 8.43. The molecule has 0 bridgehead atoms. The lowest BCUT2D eigenvalue weighted by Gasteiger charge is -2.19. The van der Waals surface area contributed by atoms with Crippen LogP contribution in [-0.2, 0) is 9.47 Å². The maximum Gasteiger partial charge on any atom is 0.211 e. The molecule has 31 heavy (non-hydrogen) atoms. The minimum absolute atomic E-state index is 0.144. The van der Waals surface area contributed by atoms with Gasteiger partial charge in [-0.2, -0.15) is 0 Å². The van der Waals surface area contributed by atoms with Gasteiger partial charge in [0.05, 0.1) is 6.61 Å². The zero-order valence-corrected chi connectivity index (χ0v) is 21.1. The van der Waals surface area contributed by atoms with Crippen molar-refractivity contribution in [1.29, 1.82) is 0 Å². The summed E-state index contributed by atoms with van der Waals surface area (Å²) in [7, 11) is 0. The Bertz CT molecular complexity index is 775. The molecule has 0 saturated heterocycles. The van der Waals surface area contributed by atoms with Crippen LogP contribution in [0.25, 0.3) is 0 Å². The van der Waals surface area contributed by atoms with Gasteiger partial charge in [0.2, 0.25) is 5.88 Å². The zero-order valence-electron chi connectivity index (χ0n) is 21.1. The van der Waals surface area contributed by atoms with Crippen molar-refractivity contribution in [1.82, 2.24) is 0 Å². The van der Waals surface area contributed by atoms with Crippen LogP contribution in [0, 0.1) is 0 Å². The third-order valence-corrected chi connectivity index (χ3v) is 5.31. The van der Waals surface area contributed by atoms with Crippen molar-refractivity contribution in [2.24, 2.45) is 10.7 Å². The lowest BCUT2D eigenvalue weighted by molar-refractivity contribution is 0.106. The van der Waals surface area contributed by atoms with Crippen LogP contribution in [0.1, 0.15) is 93.9 Å². The molecule has 0 aromatic carbocycles. The SMILES string of the molecule is C\C=C/C(OCCC)=C(C)\C(=C/C)C(\CCC)=N/C(=C(/N)OC1(C)CC1)C(/C)=C/CC. The van der Waals surface area contributed by atoms with E-state index in [0.29, 0.717) is 12.5 Å². The van der Waals surface area contributed by atoms with Gasteiger partial charge < -0.3 is 15.2 Å². The summed E-state index contributed by atoms with van der Waals surface area (Å²) >= 11 is 0. The van der Waals surface area contributed by atoms with Gasteiger partial charge in [-0.1, -0.05) is 45.4 Å². The van der Waals surface area contributed by atoms with Crippen molar-refractivity contribution in [3.05, 3.63) is 58.4 Å². The number of hydrogen-bond acceptors (Lipinski definition) is 4. The summed E-state index contributed by atoms with van der Waals surface area (Å²) in [6, 6.07) is 0. The van der Waals surface area contributed by atoms with E-state index in [1.807, 2.05) is 19.1 Å². The highest BCUT2D eigenvalue weighted by Crippen LogP contribution is 2.40. The van der Waals surface area contributed by atoms with E-state index in [2.05, 4.69) is 60.6 Å². The fourth-order valence-electron chi connectivity index (χ4n) is 3.33. The highest BCUT2D eigenvalue weighted by atomic mass is 16.5. The Balaban J connectivity index is 3.56. The van der Waals surface area contributed by atoms with Gasteiger partial charge in [0.15, 0.2) is 0 Å². The number of nitrogens with two attached hydrogens (primary N) is 1. The van der Waals surface area contributed by atoms with Crippen LogP contribution in [0.4, 0.5) is 0 Å². The van der Waals surface area contributed by atoms with Crippen LogP contribution >= 0.6 is 0 Å². The van der Waals surface area contributed by atoms with Crippen molar-refractivity contribution >= 4 is 5.71 Å². The molecule has 174 valence electrons. The number of ether oxygens (including phenoxy) is 2. The van der Waals surface area contributed by atoms with Gasteiger partial charge in [-0.15, -0.1) is 0 Å². The molecule has 4 heteroatoms. The molecule has 1 saturated carbocycles. The van der Waals surface area contributed by atoms with Crippen LogP contribution in [0.15, 0.2) is 63.4 Å². The molecule has 0 unspecified atom stereocenters. The predicted molar refractivity (Wildman–Crippen MR) is 134 cm³/mol. The maximum absolute atomic E-state index is 6.45. The predicted octanol–water partition coefficient (Wildman–Crippen LogP) is 7.50. The van der Waals surface area contributed by atoms with Gasteiger partial charge in [-0.3, -0.25) is 0 Å². The Morgan fingerprint density at radius 3 is 2.26 bits per heavy atom. The Labute approximate surface area is 190 Å². The highest BCUT2D eigenvalue weighted by Gasteiger charge is 2.40. The van der Waals surface area contributed by atoms with Gasteiger partial charge in [-0.05, 0) is 89.5 Å². The van der Waals surface area contributed by atoms with Crippen LogP contribution in [0.3, 0.4) is 0 Å². The molecule has 0 amide bonds. The van der Waals surface area contributed by atoms with E-state index in [-0.39, 0.29) is 5.60 Å². The molecule has 0 spiro atoms. The largest absolute Gasteiger partial charge is 0.493 e. The molecular weight excluding hydrogens is 384 g/mol. The molecule has 0 radical (unpaired) electrons. The minimum Gasteiger partial charge on any atom is -0.493 e. The fourth-order valence-corrected chi connectivity index (χ4v) is 3.33. The molecule has 0 aromatic heterocycles. The second kappa shape index (κ2) is 13.2. The first-order valence-corrected chi connectivity index (χ1v) is 11.8. The molecule has 2 N–H and O–H groups in total. The van der Waals surface area contributed by atoms with E-state index in [1.54, 1.807) is 0 Å². The molecule has 0 heterocycles. The first-order valence-electron chi connectivity index (χ1n) is 11.8.